The van der Waals surface area contributed by atoms with Gasteiger partial charge >= 0.3 is 0 Å². The Kier molecular flexibility index (Phi) is 3.64. The van der Waals surface area contributed by atoms with Crippen molar-refractivity contribution in [2.24, 2.45) is 7.05 Å². The minimum absolute atomic E-state index is 0.283. The van der Waals surface area contributed by atoms with Gasteiger partial charge in [-0.3, -0.25) is 4.68 Å². The summed E-state index contributed by atoms with van der Waals surface area (Å²) in [6.07, 6.45) is 4.20. The van der Waals surface area contributed by atoms with Crippen LogP contribution in [-0.2, 0) is 20.2 Å². The van der Waals surface area contributed by atoms with Crippen LogP contribution in [0.1, 0.15) is 24.1 Å². The highest BCUT2D eigenvalue weighted by Crippen LogP contribution is 2.21. The normalized spacial score (nSPS) is 14.5. The van der Waals surface area contributed by atoms with Crippen molar-refractivity contribution in [3.05, 3.63) is 41.5 Å². The van der Waals surface area contributed by atoms with E-state index in [-0.39, 0.29) is 12.4 Å². The molecule has 0 atom stereocenters. The fraction of sp³-hybridized carbons (Fsp3) is 0.429. The molecule has 1 aliphatic rings. The van der Waals surface area contributed by atoms with Gasteiger partial charge in [0, 0.05) is 25.7 Å². The number of nitrogens with zero attached hydrogens (tertiary/aromatic N) is 3. The summed E-state index contributed by atoms with van der Waals surface area (Å²) in [6.45, 7) is 0.955. The number of hydrogen-bond acceptors (Lipinski definition) is 4. The molecule has 1 aromatic carbocycles. The molecule has 1 aliphatic carbocycles. The van der Waals surface area contributed by atoms with Crippen LogP contribution in [0, 0.1) is 5.82 Å². The van der Waals surface area contributed by atoms with Crippen LogP contribution < -0.4 is 10.1 Å². The van der Waals surface area contributed by atoms with E-state index in [0.29, 0.717) is 18.3 Å². The maximum Gasteiger partial charge on any atom is 0.134 e. The van der Waals surface area contributed by atoms with E-state index in [1.807, 2.05) is 6.07 Å². The van der Waals surface area contributed by atoms with Gasteiger partial charge in [0.05, 0.1) is 6.20 Å². The Morgan fingerprint density at radius 2 is 2.25 bits per heavy atom. The second-order valence-electron chi connectivity index (χ2n) is 5.12. The standard InChI is InChI=1S/C14H17FN4O/c1-19-8-13(17-18-19)9-20-14-5-10(4-11(15)6-14)7-16-12-2-3-12/h4-6,8,12,16H,2-3,7,9H2,1H3. The van der Waals surface area contributed by atoms with Gasteiger partial charge in [0.15, 0.2) is 0 Å². The molecule has 0 saturated heterocycles. The molecule has 6 heteroatoms. The van der Waals surface area contributed by atoms with Gasteiger partial charge in [0.2, 0.25) is 0 Å². The minimum atomic E-state index is -0.283. The van der Waals surface area contributed by atoms with Crippen molar-refractivity contribution in [3.63, 3.8) is 0 Å². The molecule has 1 aromatic heterocycles. The van der Waals surface area contributed by atoms with E-state index in [1.165, 1.54) is 25.0 Å². The third kappa shape index (κ3) is 3.54. The third-order valence-corrected chi connectivity index (χ3v) is 3.14. The lowest BCUT2D eigenvalue weighted by Gasteiger charge is -2.08. The first-order chi connectivity index (χ1) is 9.69. The largest absolute Gasteiger partial charge is 0.487 e. The van der Waals surface area contributed by atoms with E-state index in [9.17, 15) is 4.39 Å². The van der Waals surface area contributed by atoms with Crippen LogP contribution in [0.25, 0.3) is 0 Å². The van der Waals surface area contributed by atoms with Gasteiger partial charge in [0.25, 0.3) is 0 Å². The summed E-state index contributed by atoms with van der Waals surface area (Å²) < 4.78 is 20.7. The van der Waals surface area contributed by atoms with Gasteiger partial charge in [-0.1, -0.05) is 5.21 Å². The Hall–Kier alpha value is -1.95. The Bertz CT molecular complexity index is 595. The number of benzene rings is 1. The summed E-state index contributed by atoms with van der Waals surface area (Å²) in [4.78, 5) is 0. The van der Waals surface area contributed by atoms with Crippen molar-refractivity contribution in [2.45, 2.75) is 32.0 Å². The number of hydrogen-bond donors (Lipinski definition) is 1. The molecular formula is C14H17FN4O. The van der Waals surface area contributed by atoms with Gasteiger partial charge in [0.1, 0.15) is 23.9 Å². The van der Waals surface area contributed by atoms with Crippen LogP contribution in [0.5, 0.6) is 5.75 Å². The highest BCUT2D eigenvalue weighted by atomic mass is 19.1. The number of rotatable bonds is 6. The summed E-state index contributed by atoms with van der Waals surface area (Å²) in [5, 5.41) is 11.1. The lowest BCUT2D eigenvalue weighted by molar-refractivity contribution is 0.299. The molecule has 1 fully saturated rings. The number of halogens is 1. The van der Waals surface area contributed by atoms with Crippen molar-refractivity contribution < 1.29 is 9.13 Å². The minimum Gasteiger partial charge on any atom is -0.487 e. The molecule has 3 rings (SSSR count). The fourth-order valence-electron chi connectivity index (χ4n) is 1.97. The first kappa shape index (κ1) is 13.1. The molecule has 0 spiro atoms. The van der Waals surface area contributed by atoms with Crippen LogP contribution in [0.15, 0.2) is 24.4 Å². The van der Waals surface area contributed by atoms with Gasteiger partial charge in [-0.05, 0) is 30.5 Å². The van der Waals surface area contributed by atoms with E-state index in [4.69, 9.17) is 4.74 Å². The summed E-state index contributed by atoms with van der Waals surface area (Å²) in [6, 6.07) is 5.37. The summed E-state index contributed by atoms with van der Waals surface area (Å²) >= 11 is 0. The molecule has 0 bridgehead atoms. The number of aromatic nitrogens is 3. The van der Waals surface area contributed by atoms with Crippen LogP contribution in [-0.4, -0.2) is 21.0 Å². The molecule has 5 nitrogen and oxygen atoms in total. The smallest absolute Gasteiger partial charge is 0.134 e. The van der Waals surface area contributed by atoms with Crippen LogP contribution in [0.4, 0.5) is 4.39 Å². The summed E-state index contributed by atoms with van der Waals surface area (Å²) in [7, 11) is 1.79. The first-order valence-corrected chi connectivity index (χ1v) is 6.70. The second-order valence-corrected chi connectivity index (χ2v) is 5.12. The quantitative estimate of drug-likeness (QED) is 0.874. The van der Waals surface area contributed by atoms with Crippen molar-refractivity contribution in [1.29, 1.82) is 0 Å². The van der Waals surface area contributed by atoms with Crippen molar-refractivity contribution in [1.82, 2.24) is 20.3 Å². The van der Waals surface area contributed by atoms with E-state index < -0.39 is 0 Å². The van der Waals surface area contributed by atoms with Crippen LogP contribution in [0.2, 0.25) is 0 Å². The molecule has 0 unspecified atom stereocenters. The molecule has 2 aromatic rings. The first-order valence-electron chi connectivity index (χ1n) is 6.70. The zero-order valence-corrected chi connectivity index (χ0v) is 11.3. The van der Waals surface area contributed by atoms with Crippen molar-refractivity contribution in [3.8, 4) is 5.75 Å². The van der Waals surface area contributed by atoms with Gasteiger partial charge in [-0.15, -0.1) is 5.10 Å². The number of ether oxygens (including phenoxy) is 1. The van der Waals surface area contributed by atoms with Crippen LogP contribution in [0.3, 0.4) is 0 Å². The zero-order valence-electron chi connectivity index (χ0n) is 11.3. The van der Waals surface area contributed by atoms with E-state index in [1.54, 1.807) is 17.9 Å². The van der Waals surface area contributed by atoms with E-state index in [2.05, 4.69) is 15.6 Å². The van der Waals surface area contributed by atoms with Gasteiger partial charge in [-0.25, -0.2) is 4.39 Å². The number of aryl methyl sites for hydroxylation is 1. The average molecular weight is 276 g/mol. The molecule has 1 N–H and O–H groups in total. The molecule has 0 aliphatic heterocycles. The van der Waals surface area contributed by atoms with E-state index in [0.717, 1.165) is 11.3 Å². The van der Waals surface area contributed by atoms with Crippen molar-refractivity contribution >= 4 is 0 Å². The lowest BCUT2D eigenvalue weighted by atomic mass is 10.2. The Morgan fingerprint density at radius 3 is 2.95 bits per heavy atom. The fourth-order valence-corrected chi connectivity index (χ4v) is 1.97. The second kappa shape index (κ2) is 5.58. The molecule has 106 valence electrons. The molecule has 20 heavy (non-hydrogen) atoms. The molecule has 0 amide bonds. The zero-order chi connectivity index (χ0) is 13.9. The summed E-state index contributed by atoms with van der Waals surface area (Å²) in [5.74, 6) is 0.234. The monoisotopic (exact) mass is 276 g/mol. The van der Waals surface area contributed by atoms with Crippen molar-refractivity contribution in [2.75, 3.05) is 0 Å². The lowest BCUT2D eigenvalue weighted by Crippen LogP contribution is -2.15. The highest BCUT2D eigenvalue weighted by Gasteiger charge is 2.20. The Labute approximate surface area is 116 Å². The highest BCUT2D eigenvalue weighted by molar-refractivity contribution is 5.29. The Balaban J connectivity index is 1.62. The van der Waals surface area contributed by atoms with Gasteiger partial charge < -0.3 is 10.1 Å². The SMILES string of the molecule is Cn1cc(COc2cc(F)cc(CNC3CC3)c2)nn1. The number of nitrogens with one attached hydrogen (secondary N) is 1. The Morgan fingerprint density at radius 1 is 1.40 bits per heavy atom. The third-order valence-electron chi connectivity index (χ3n) is 3.14. The van der Waals surface area contributed by atoms with Crippen LogP contribution >= 0.6 is 0 Å². The topological polar surface area (TPSA) is 52.0 Å². The average Bonchev–Trinajstić information content (AvgIpc) is 3.15. The molecule has 1 heterocycles. The molecule has 1 saturated carbocycles. The molecular weight excluding hydrogens is 259 g/mol. The maximum absolute atomic E-state index is 13.6. The summed E-state index contributed by atoms with van der Waals surface area (Å²) in [5.41, 5.74) is 1.61. The predicted molar refractivity (Wildman–Crippen MR) is 71.6 cm³/mol. The van der Waals surface area contributed by atoms with Gasteiger partial charge in [-0.2, -0.15) is 0 Å². The predicted octanol–water partition coefficient (Wildman–Crippen LogP) is 1.79. The molecule has 0 radical (unpaired) electrons. The maximum atomic E-state index is 13.6. The van der Waals surface area contributed by atoms with E-state index >= 15 is 0 Å².